The van der Waals surface area contributed by atoms with Crippen LogP contribution in [0.1, 0.15) is 18.1 Å². The first-order valence-electron chi connectivity index (χ1n) is 11.8. The molecule has 0 bridgehead atoms. The fourth-order valence-corrected chi connectivity index (χ4v) is 3.82. The standard InChI is InChI=1S/C26H31N5O6/c1-15(27)23(33)29-21(12-17-13-28-19-10-6-5-9-18(17)19)25(35)30-20(11-16-7-3-2-4-8-16)24(34)31-22(14-32)26(36)37/h2-10,13,15,20-22,28,32H,11-12,14,27H2,1H3,(H,29,33)(H,30,35)(H,31,34)(H,36,37). The summed E-state index contributed by atoms with van der Waals surface area (Å²) in [5.41, 5.74) is 8.05. The Morgan fingerprint density at radius 1 is 0.838 bits per heavy atom. The Kier molecular flexibility index (Phi) is 9.36. The van der Waals surface area contributed by atoms with E-state index in [1.54, 1.807) is 36.5 Å². The predicted molar refractivity (Wildman–Crippen MR) is 136 cm³/mol. The molecule has 0 saturated heterocycles. The number of carbonyl (C=O) groups is 4. The maximum atomic E-state index is 13.4. The number of aromatic nitrogens is 1. The third-order valence-electron chi connectivity index (χ3n) is 5.86. The van der Waals surface area contributed by atoms with E-state index in [0.717, 1.165) is 16.5 Å². The van der Waals surface area contributed by atoms with E-state index in [1.165, 1.54) is 6.92 Å². The lowest BCUT2D eigenvalue weighted by Gasteiger charge is -2.25. The number of amides is 3. The maximum Gasteiger partial charge on any atom is 0.328 e. The van der Waals surface area contributed by atoms with Gasteiger partial charge in [-0.3, -0.25) is 14.4 Å². The van der Waals surface area contributed by atoms with Gasteiger partial charge in [0.2, 0.25) is 17.7 Å². The van der Waals surface area contributed by atoms with Crippen LogP contribution in [0.3, 0.4) is 0 Å². The van der Waals surface area contributed by atoms with Crippen molar-refractivity contribution >= 4 is 34.6 Å². The van der Waals surface area contributed by atoms with Gasteiger partial charge in [0.25, 0.3) is 0 Å². The van der Waals surface area contributed by atoms with E-state index in [2.05, 4.69) is 20.9 Å². The summed E-state index contributed by atoms with van der Waals surface area (Å²) in [6.45, 7) is 0.670. The molecule has 0 saturated carbocycles. The zero-order chi connectivity index (χ0) is 26.9. The molecular formula is C26H31N5O6. The number of benzene rings is 2. The van der Waals surface area contributed by atoms with Gasteiger partial charge in [-0.05, 0) is 24.1 Å². The van der Waals surface area contributed by atoms with E-state index in [4.69, 9.17) is 5.73 Å². The van der Waals surface area contributed by atoms with Gasteiger partial charge in [-0.25, -0.2) is 4.79 Å². The van der Waals surface area contributed by atoms with E-state index in [0.29, 0.717) is 5.56 Å². The number of rotatable bonds is 12. The number of para-hydroxylation sites is 1. The summed E-state index contributed by atoms with van der Waals surface area (Å²) in [6, 6.07) is 11.7. The molecule has 37 heavy (non-hydrogen) atoms. The van der Waals surface area contributed by atoms with Crippen molar-refractivity contribution in [3.63, 3.8) is 0 Å². The zero-order valence-electron chi connectivity index (χ0n) is 20.3. The molecule has 11 nitrogen and oxygen atoms in total. The average molecular weight is 510 g/mol. The van der Waals surface area contributed by atoms with Crippen LogP contribution in [0.15, 0.2) is 60.8 Å². The number of carboxylic acid groups (broad SMARTS) is 1. The lowest BCUT2D eigenvalue weighted by Crippen LogP contribution is -2.58. The Balaban J connectivity index is 1.86. The number of hydrogen-bond donors (Lipinski definition) is 7. The molecule has 1 aromatic heterocycles. The number of hydrogen-bond acceptors (Lipinski definition) is 6. The number of carboxylic acids is 1. The van der Waals surface area contributed by atoms with Gasteiger partial charge in [-0.15, -0.1) is 0 Å². The summed E-state index contributed by atoms with van der Waals surface area (Å²) in [5, 5.41) is 27.0. The molecule has 0 radical (unpaired) electrons. The Morgan fingerprint density at radius 2 is 1.41 bits per heavy atom. The van der Waals surface area contributed by atoms with Crippen molar-refractivity contribution in [3.05, 3.63) is 71.9 Å². The quantitative estimate of drug-likeness (QED) is 0.177. The molecular weight excluding hydrogens is 478 g/mol. The van der Waals surface area contributed by atoms with Crippen LogP contribution in [0.25, 0.3) is 10.9 Å². The largest absolute Gasteiger partial charge is 0.480 e. The highest BCUT2D eigenvalue weighted by Gasteiger charge is 2.30. The molecule has 0 aliphatic heterocycles. The summed E-state index contributed by atoms with van der Waals surface area (Å²) in [4.78, 5) is 53.3. The summed E-state index contributed by atoms with van der Waals surface area (Å²) >= 11 is 0. The number of fused-ring (bicyclic) bond motifs is 1. The zero-order valence-corrected chi connectivity index (χ0v) is 20.3. The lowest BCUT2D eigenvalue weighted by molar-refractivity contribution is -0.143. The van der Waals surface area contributed by atoms with E-state index in [-0.39, 0.29) is 12.8 Å². The topological polar surface area (TPSA) is 187 Å². The van der Waals surface area contributed by atoms with Gasteiger partial charge in [0.15, 0.2) is 0 Å². The van der Waals surface area contributed by atoms with Gasteiger partial charge < -0.3 is 36.9 Å². The van der Waals surface area contributed by atoms with Gasteiger partial charge in [-0.1, -0.05) is 48.5 Å². The van der Waals surface area contributed by atoms with Crippen LogP contribution in [0.5, 0.6) is 0 Å². The number of nitrogens with two attached hydrogens (primary N) is 1. The first-order chi connectivity index (χ1) is 17.7. The molecule has 196 valence electrons. The predicted octanol–water partition coefficient (Wildman–Crippen LogP) is -0.168. The second-order valence-electron chi connectivity index (χ2n) is 8.75. The highest BCUT2D eigenvalue weighted by Crippen LogP contribution is 2.19. The average Bonchev–Trinajstić information content (AvgIpc) is 3.29. The number of aromatic amines is 1. The minimum absolute atomic E-state index is 0.0528. The Hall–Kier alpha value is -4.22. The Labute approximate surface area is 213 Å². The van der Waals surface area contributed by atoms with E-state index < -0.39 is 54.5 Å². The Bertz CT molecular complexity index is 1240. The molecule has 0 spiro atoms. The first-order valence-corrected chi connectivity index (χ1v) is 11.8. The van der Waals surface area contributed by atoms with Crippen molar-refractivity contribution in [2.75, 3.05) is 6.61 Å². The number of H-pyrrole nitrogens is 1. The molecule has 3 amide bonds. The third kappa shape index (κ3) is 7.38. The molecule has 4 unspecified atom stereocenters. The van der Waals surface area contributed by atoms with Crippen LogP contribution >= 0.6 is 0 Å². The summed E-state index contributed by atoms with van der Waals surface area (Å²) in [7, 11) is 0. The number of carbonyl (C=O) groups excluding carboxylic acids is 3. The first kappa shape index (κ1) is 27.4. The third-order valence-corrected chi connectivity index (χ3v) is 5.86. The van der Waals surface area contributed by atoms with Gasteiger partial charge in [0, 0.05) is 29.9 Å². The minimum atomic E-state index is -1.54. The molecule has 0 aliphatic carbocycles. The second kappa shape index (κ2) is 12.7. The van der Waals surface area contributed by atoms with Crippen molar-refractivity contribution in [2.45, 2.75) is 43.9 Å². The van der Waals surface area contributed by atoms with Crippen LogP contribution in [-0.2, 0) is 32.0 Å². The smallest absolute Gasteiger partial charge is 0.328 e. The van der Waals surface area contributed by atoms with Crippen LogP contribution in [0.4, 0.5) is 0 Å². The van der Waals surface area contributed by atoms with Crippen LogP contribution in [-0.4, -0.2) is 69.7 Å². The number of aliphatic carboxylic acids is 1. The minimum Gasteiger partial charge on any atom is -0.480 e. The van der Waals surface area contributed by atoms with Gasteiger partial charge in [0.05, 0.1) is 12.6 Å². The van der Waals surface area contributed by atoms with Crippen molar-refractivity contribution in [2.24, 2.45) is 5.73 Å². The monoisotopic (exact) mass is 509 g/mol. The Morgan fingerprint density at radius 3 is 2.03 bits per heavy atom. The lowest BCUT2D eigenvalue weighted by atomic mass is 10.0. The number of aliphatic hydroxyl groups is 1. The van der Waals surface area contributed by atoms with E-state index in [9.17, 15) is 29.4 Å². The van der Waals surface area contributed by atoms with Crippen molar-refractivity contribution in [1.29, 1.82) is 0 Å². The highest BCUT2D eigenvalue weighted by atomic mass is 16.4. The van der Waals surface area contributed by atoms with Crippen LogP contribution in [0.2, 0.25) is 0 Å². The molecule has 4 atom stereocenters. The van der Waals surface area contributed by atoms with Crippen LogP contribution in [0, 0.1) is 0 Å². The molecule has 2 aromatic carbocycles. The molecule has 3 aromatic rings. The van der Waals surface area contributed by atoms with Gasteiger partial charge in [0.1, 0.15) is 18.1 Å². The fraction of sp³-hybridized carbons (Fsp3) is 0.308. The van der Waals surface area contributed by atoms with E-state index in [1.807, 2.05) is 24.3 Å². The van der Waals surface area contributed by atoms with Gasteiger partial charge in [-0.2, -0.15) is 0 Å². The molecule has 3 rings (SSSR count). The maximum absolute atomic E-state index is 13.4. The van der Waals surface area contributed by atoms with Crippen molar-refractivity contribution in [1.82, 2.24) is 20.9 Å². The summed E-state index contributed by atoms with van der Waals surface area (Å²) in [5.74, 6) is -3.40. The molecule has 0 fully saturated rings. The SMILES string of the molecule is CC(N)C(=O)NC(Cc1c[nH]c2ccccc12)C(=O)NC(Cc1ccccc1)C(=O)NC(CO)C(=O)O. The summed E-state index contributed by atoms with van der Waals surface area (Å²) < 4.78 is 0. The second-order valence-corrected chi connectivity index (χ2v) is 8.75. The fourth-order valence-electron chi connectivity index (χ4n) is 3.82. The molecule has 1 heterocycles. The molecule has 8 N–H and O–H groups in total. The van der Waals surface area contributed by atoms with Crippen molar-refractivity contribution < 1.29 is 29.4 Å². The summed E-state index contributed by atoms with van der Waals surface area (Å²) in [6.07, 6.45) is 1.91. The number of nitrogens with one attached hydrogen (secondary N) is 4. The molecule has 0 aliphatic rings. The van der Waals surface area contributed by atoms with E-state index >= 15 is 0 Å². The number of aliphatic hydroxyl groups excluding tert-OH is 1. The van der Waals surface area contributed by atoms with Gasteiger partial charge >= 0.3 is 5.97 Å². The van der Waals surface area contributed by atoms with Crippen molar-refractivity contribution in [3.8, 4) is 0 Å². The van der Waals surface area contributed by atoms with Crippen LogP contribution < -0.4 is 21.7 Å². The highest BCUT2D eigenvalue weighted by molar-refractivity contribution is 5.95. The molecule has 11 heteroatoms. The normalized spacial score (nSPS) is 14.2.